The monoisotopic (exact) mass is 384 g/mol. The number of likely N-dealkylation sites (tertiary alicyclic amines) is 1. The molecule has 2 N–H and O–H groups in total. The lowest BCUT2D eigenvalue weighted by Gasteiger charge is -2.34. The Kier molecular flexibility index (Phi) is 6.22. The molecule has 0 aliphatic carbocycles. The third kappa shape index (κ3) is 4.20. The van der Waals surface area contributed by atoms with E-state index in [0.717, 1.165) is 49.2 Å². The average Bonchev–Trinajstić information content (AvgIpc) is 3.37. The van der Waals surface area contributed by atoms with E-state index in [4.69, 9.17) is 5.10 Å². The van der Waals surface area contributed by atoms with Gasteiger partial charge in [-0.05, 0) is 50.9 Å². The van der Waals surface area contributed by atoms with Crippen molar-refractivity contribution in [2.24, 2.45) is 0 Å². The van der Waals surface area contributed by atoms with Crippen LogP contribution in [0.5, 0.6) is 0 Å². The molecular formula is C21H32N6O. The first-order chi connectivity index (χ1) is 13.8. The van der Waals surface area contributed by atoms with Crippen LogP contribution in [-0.4, -0.2) is 64.3 Å². The Morgan fingerprint density at radius 2 is 2.29 bits per heavy atom. The summed E-state index contributed by atoms with van der Waals surface area (Å²) in [5.41, 5.74) is 2.05. The number of carbonyl (C=O) groups is 1. The number of pyridine rings is 1. The second kappa shape index (κ2) is 9.01. The number of hydrogen-bond donors (Lipinski definition) is 2. The zero-order chi connectivity index (χ0) is 19.3. The minimum absolute atomic E-state index is 0.116. The molecule has 0 unspecified atom stereocenters. The SMILES string of the molecule is CC[C@@H]1CCCCN1CC(=O)NCCn1nc([C@H]2CCNC2)c2cccnc21. The topological polar surface area (TPSA) is 75.1 Å². The Morgan fingerprint density at radius 1 is 1.36 bits per heavy atom. The highest BCUT2D eigenvalue weighted by Gasteiger charge is 2.24. The molecule has 0 saturated carbocycles. The molecule has 4 rings (SSSR count). The normalized spacial score (nSPS) is 23.3. The number of rotatable bonds is 7. The Labute approximate surface area is 166 Å². The summed E-state index contributed by atoms with van der Waals surface area (Å²) in [6.07, 6.45) is 7.76. The molecule has 1 amide bonds. The van der Waals surface area contributed by atoms with Crippen molar-refractivity contribution in [1.82, 2.24) is 30.3 Å². The molecular weight excluding hydrogens is 352 g/mol. The predicted molar refractivity (Wildman–Crippen MR) is 110 cm³/mol. The smallest absolute Gasteiger partial charge is 0.234 e. The zero-order valence-corrected chi connectivity index (χ0v) is 16.9. The number of hydrogen-bond acceptors (Lipinski definition) is 5. The zero-order valence-electron chi connectivity index (χ0n) is 16.9. The maximum Gasteiger partial charge on any atom is 0.234 e. The van der Waals surface area contributed by atoms with E-state index in [0.29, 0.717) is 31.6 Å². The van der Waals surface area contributed by atoms with Gasteiger partial charge >= 0.3 is 0 Å². The van der Waals surface area contributed by atoms with Gasteiger partial charge in [0, 0.05) is 36.6 Å². The summed E-state index contributed by atoms with van der Waals surface area (Å²) in [6, 6.07) is 4.64. The van der Waals surface area contributed by atoms with Gasteiger partial charge in [0.15, 0.2) is 5.65 Å². The number of nitrogens with zero attached hydrogens (tertiary/aromatic N) is 4. The van der Waals surface area contributed by atoms with Crippen LogP contribution in [0.2, 0.25) is 0 Å². The van der Waals surface area contributed by atoms with Crippen LogP contribution >= 0.6 is 0 Å². The van der Waals surface area contributed by atoms with Gasteiger partial charge in [0.05, 0.1) is 18.8 Å². The van der Waals surface area contributed by atoms with E-state index in [9.17, 15) is 4.79 Å². The molecule has 152 valence electrons. The van der Waals surface area contributed by atoms with Crippen molar-refractivity contribution in [2.75, 3.05) is 32.7 Å². The Bertz CT molecular complexity index is 797. The number of aromatic nitrogens is 3. The molecule has 2 aromatic heterocycles. The van der Waals surface area contributed by atoms with Gasteiger partial charge in [0.25, 0.3) is 0 Å². The molecule has 2 aliphatic rings. The third-order valence-corrected chi connectivity index (χ3v) is 6.20. The van der Waals surface area contributed by atoms with E-state index in [1.165, 1.54) is 19.3 Å². The molecule has 0 spiro atoms. The van der Waals surface area contributed by atoms with Crippen molar-refractivity contribution in [3.8, 4) is 0 Å². The maximum absolute atomic E-state index is 12.4. The summed E-state index contributed by atoms with van der Waals surface area (Å²) in [5.74, 6) is 0.567. The summed E-state index contributed by atoms with van der Waals surface area (Å²) < 4.78 is 1.96. The van der Waals surface area contributed by atoms with Gasteiger partial charge in [-0.2, -0.15) is 5.10 Å². The van der Waals surface area contributed by atoms with Gasteiger partial charge in [-0.3, -0.25) is 9.69 Å². The van der Waals surface area contributed by atoms with Crippen molar-refractivity contribution in [3.63, 3.8) is 0 Å². The fraction of sp³-hybridized carbons (Fsp3) is 0.667. The van der Waals surface area contributed by atoms with Gasteiger partial charge in [-0.25, -0.2) is 9.67 Å². The predicted octanol–water partition coefficient (Wildman–Crippen LogP) is 1.89. The summed E-state index contributed by atoms with van der Waals surface area (Å²) in [7, 11) is 0. The van der Waals surface area contributed by atoms with E-state index in [1.54, 1.807) is 0 Å². The first kappa shape index (κ1) is 19.3. The number of fused-ring (bicyclic) bond motifs is 1. The second-order valence-corrected chi connectivity index (χ2v) is 8.05. The van der Waals surface area contributed by atoms with Crippen molar-refractivity contribution in [1.29, 1.82) is 0 Å². The highest BCUT2D eigenvalue weighted by Crippen LogP contribution is 2.27. The highest BCUT2D eigenvalue weighted by atomic mass is 16.2. The molecule has 2 aromatic rings. The van der Waals surface area contributed by atoms with Crippen LogP contribution in [-0.2, 0) is 11.3 Å². The van der Waals surface area contributed by atoms with Gasteiger partial charge < -0.3 is 10.6 Å². The van der Waals surface area contributed by atoms with Crippen molar-refractivity contribution in [3.05, 3.63) is 24.0 Å². The summed E-state index contributed by atoms with van der Waals surface area (Å²) in [6.45, 7) is 7.02. The minimum Gasteiger partial charge on any atom is -0.353 e. The van der Waals surface area contributed by atoms with Gasteiger partial charge in [-0.1, -0.05) is 13.3 Å². The fourth-order valence-electron chi connectivity index (χ4n) is 4.65. The van der Waals surface area contributed by atoms with Gasteiger partial charge in [0.1, 0.15) is 0 Å². The first-order valence-electron chi connectivity index (χ1n) is 10.8. The molecule has 4 heterocycles. The molecule has 2 fully saturated rings. The van der Waals surface area contributed by atoms with E-state index in [-0.39, 0.29) is 5.91 Å². The van der Waals surface area contributed by atoms with Crippen LogP contribution in [0, 0.1) is 0 Å². The highest BCUT2D eigenvalue weighted by molar-refractivity contribution is 5.79. The van der Waals surface area contributed by atoms with Crippen LogP contribution < -0.4 is 10.6 Å². The standard InChI is InChI=1S/C21H32N6O/c1-2-17-6-3-4-12-26(17)15-19(28)23-11-13-27-21-18(7-5-9-24-21)20(25-27)16-8-10-22-14-16/h5,7,9,16-17,22H,2-4,6,8,10-15H2,1H3,(H,23,28)/t16-,17+/m0/s1. The molecule has 0 bridgehead atoms. The van der Waals surface area contributed by atoms with E-state index >= 15 is 0 Å². The molecule has 2 aliphatic heterocycles. The molecule has 0 radical (unpaired) electrons. The average molecular weight is 385 g/mol. The lowest BCUT2D eigenvalue weighted by atomic mass is 10.0. The van der Waals surface area contributed by atoms with E-state index < -0.39 is 0 Å². The largest absolute Gasteiger partial charge is 0.353 e. The van der Waals surface area contributed by atoms with E-state index in [1.807, 2.05) is 16.9 Å². The first-order valence-corrected chi connectivity index (χ1v) is 10.8. The van der Waals surface area contributed by atoms with Gasteiger partial charge in [-0.15, -0.1) is 0 Å². The Morgan fingerprint density at radius 3 is 3.11 bits per heavy atom. The molecule has 2 saturated heterocycles. The fourth-order valence-corrected chi connectivity index (χ4v) is 4.65. The summed E-state index contributed by atoms with van der Waals surface area (Å²) >= 11 is 0. The lowest BCUT2D eigenvalue weighted by Crippen LogP contribution is -2.45. The molecule has 7 nitrogen and oxygen atoms in total. The number of carbonyl (C=O) groups excluding carboxylic acids is 1. The Balaban J connectivity index is 1.36. The number of nitrogens with one attached hydrogen (secondary N) is 2. The van der Waals surface area contributed by atoms with Crippen LogP contribution in [0.1, 0.15) is 50.6 Å². The summed E-state index contributed by atoms with van der Waals surface area (Å²) in [4.78, 5) is 19.3. The minimum atomic E-state index is 0.116. The van der Waals surface area contributed by atoms with Crippen LogP contribution in [0.4, 0.5) is 0 Å². The molecule has 28 heavy (non-hydrogen) atoms. The Hall–Kier alpha value is -1.99. The quantitative estimate of drug-likeness (QED) is 0.763. The maximum atomic E-state index is 12.4. The van der Waals surface area contributed by atoms with Crippen molar-refractivity contribution < 1.29 is 4.79 Å². The van der Waals surface area contributed by atoms with Crippen LogP contribution in [0.3, 0.4) is 0 Å². The van der Waals surface area contributed by atoms with Gasteiger partial charge in [0.2, 0.25) is 5.91 Å². The number of piperidine rings is 1. The molecule has 7 heteroatoms. The second-order valence-electron chi connectivity index (χ2n) is 8.05. The molecule has 0 aromatic carbocycles. The van der Waals surface area contributed by atoms with Crippen LogP contribution in [0.15, 0.2) is 18.3 Å². The van der Waals surface area contributed by atoms with E-state index in [2.05, 4.69) is 33.5 Å². The third-order valence-electron chi connectivity index (χ3n) is 6.20. The lowest BCUT2D eigenvalue weighted by molar-refractivity contribution is -0.123. The van der Waals surface area contributed by atoms with Crippen molar-refractivity contribution in [2.45, 2.75) is 57.5 Å². The molecule has 2 atom stereocenters. The van der Waals surface area contributed by atoms with Crippen LogP contribution in [0.25, 0.3) is 11.0 Å². The summed E-state index contributed by atoms with van der Waals surface area (Å²) in [5, 5.41) is 12.5. The number of amides is 1. The van der Waals surface area contributed by atoms with Crippen molar-refractivity contribution >= 4 is 16.9 Å².